The lowest BCUT2D eigenvalue weighted by Gasteiger charge is -2.21. The number of esters is 4. The lowest BCUT2D eigenvalue weighted by atomic mass is 10.0. The van der Waals surface area contributed by atoms with Crippen LogP contribution >= 0.6 is 15.6 Å². The Bertz CT molecular complexity index is 2010. The van der Waals surface area contributed by atoms with Gasteiger partial charge < -0.3 is 33.8 Å². The summed E-state index contributed by atoms with van der Waals surface area (Å²) in [5.41, 5.74) is 0. The van der Waals surface area contributed by atoms with Gasteiger partial charge in [-0.15, -0.1) is 0 Å². The van der Waals surface area contributed by atoms with Crippen molar-refractivity contribution in [2.45, 2.75) is 490 Å². The maximum absolute atomic E-state index is 13.2. The van der Waals surface area contributed by atoms with Gasteiger partial charge in [-0.05, 0) is 31.6 Å². The van der Waals surface area contributed by atoms with Crippen LogP contribution in [0.3, 0.4) is 0 Å². The number of carbonyl (C=O) groups excluding carboxylic acids is 4. The molecule has 0 fully saturated rings. The first-order valence-corrected chi connectivity index (χ1v) is 48.1. The van der Waals surface area contributed by atoms with Crippen LogP contribution in [0.25, 0.3) is 0 Å². The molecule has 0 aliphatic heterocycles. The van der Waals surface area contributed by atoms with E-state index in [4.69, 9.17) is 37.0 Å². The summed E-state index contributed by atoms with van der Waals surface area (Å²) in [4.78, 5) is 73.2. The summed E-state index contributed by atoms with van der Waals surface area (Å²) >= 11 is 0. The second-order valence-corrected chi connectivity index (χ2v) is 34.7. The molecule has 0 aliphatic carbocycles. The van der Waals surface area contributed by atoms with Crippen LogP contribution in [0.1, 0.15) is 471 Å². The Morgan fingerprint density at radius 2 is 0.434 bits per heavy atom. The average molecular weight is 1550 g/mol. The molecule has 0 amide bonds. The lowest BCUT2D eigenvalue weighted by molar-refractivity contribution is -0.161. The maximum atomic E-state index is 13.2. The summed E-state index contributed by atoms with van der Waals surface area (Å²) in [5, 5.41) is 10.7. The first kappa shape index (κ1) is 104. The Morgan fingerprint density at radius 1 is 0.255 bits per heavy atom. The third kappa shape index (κ3) is 80.1. The lowest BCUT2D eigenvalue weighted by Crippen LogP contribution is -2.30. The van der Waals surface area contributed by atoms with Crippen molar-refractivity contribution in [3.8, 4) is 0 Å². The Morgan fingerprint density at radius 3 is 0.642 bits per heavy atom. The fourth-order valence-corrected chi connectivity index (χ4v) is 15.2. The molecule has 0 saturated carbocycles. The van der Waals surface area contributed by atoms with Crippen LogP contribution in [0.2, 0.25) is 0 Å². The van der Waals surface area contributed by atoms with Gasteiger partial charge >= 0.3 is 39.5 Å². The van der Waals surface area contributed by atoms with Crippen LogP contribution < -0.4 is 0 Å². The monoisotopic (exact) mass is 1550 g/mol. The van der Waals surface area contributed by atoms with Gasteiger partial charge in [-0.25, -0.2) is 9.13 Å². The quantitative estimate of drug-likeness (QED) is 0.0222. The highest BCUT2D eigenvalue weighted by Gasteiger charge is 2.30. The first-order chi connectivity index (χ1) is 51.5. The van der Waals surface area contributed by atoms with E-state index in [1.165, 1.54) is 289 Å². The Balaban J connectivity index is 5.19. The van der Waals surface area contributed by atoms with Gasteiger partial charge in [0.15, 0.2) is 12.2 Å². The third-order valence-electron chi connectivity index (χ3n) is 20.5. The molecule has 0 radical (unpaired) electrons. The summed E-state index contributed by atoms with van der Waals surface area (Å²) < 4.78 is 68.9. The predicted octanol–water partition coefficient (Wildman–Crippen LogP) is 26.8. The molecular formula is C87H170O17P2. The smallest absolute Gasteiger partial charge is 0.462 e. The summed E-state index contributed by atoms with van der Waals surface area (Å²) in [7, 11) is -9.93. The molecule has 630 valence electrons. The molecule has 3 N–H and O–H groups in total. The van der Waals surface area contributed by atoms with Crippen molar-refractivity contribution < 1.29 is 80.2 Å². The van der Waals surface area contributed by atoms with Crippen molar-refractivity contribution in [3.63, 3.8) is 0 Å². The molecule has 0 aromatic rings. The average Bonchev–Trinajstić information content (AvgIpc) is 0.902. The molecule has 0 heterocycles. The van der Waals surface area contributed by atoms with E-state index in [-0.39, 0.29) is 25.7 Å². The van der Waals surface area contributed by atoms with Gasteiger partial charge in [0.05, 0.1) is 26.4 Å². The van der Waals surface area contributed by atoms with E-state index in [2.05, 4.69) is 34.6 Å². The molecule has 2 unspecified atom stereocenters. The standard InChI is InChI=1S/C87H170O17P2/c1-6-9-12-15-18-21-24-27-30-32-34-36-37-39-41-44-47-50-53-56-63-68-72-86(91)103-82(76-97-84(89)70-65-60-54-51-48-45-43-40-38-35-33-31-28-25-22-19-16-13-10-7-2)78-101-105(93,94)99-74-81(88)75-100-106(95,96)102-79-83(77-98-85(90)71-66-61-58-57-59-64-69-80(4)5)104-87(92)73-67-62-55-52-49-46-42-29-26-23-20-17-14-11-8-3/h80-83,88H,6-79H2,1-5H3,(H,93,94)(H,95,96)/t81-,82-,83-/m1/s1. The summed E-state index contributed by atoms with van der Waals surface area (Å²) in [6, 6.07) is 0. The van der Waals surface area contributed by atoms with E-state index in [1.807, 2.05) is 0 Å². The van der Waals surface area contributed by atoms with E-state index in [0.29, 0.717) is 31.6 Å². The molecule has 0 spiro atoms. The molecule has 0 aromatic carbocycles. The Labute approximate surface area is 651 Å². The number of rotatable bonds is 87. The van der Waals surface area contributed by atoms with Crippen molar-refractivity contribution in [1.82, 2.24) is 0 Å². The van der Waals surface area contributed by atoms with E-state index in [9.17, 15) is 43.2 Å². The van der Waals surface area contributed by atoms with Gasteiger partial charge in [0.2, 0.25) is 0 Å². The van der Waals surface area contributed by atoms with E-state index in [1.54, 1.807) is 0 Å². The Kier molecular flexibility index (Phi) is 78.2. The van der Waals surface area contributed by atoms with Crippen LogP contribution in [0.4, 0.5) is 0 Å². The van der Waals surface area contributed by atoms with Gasteiger partial charge in [0.1, 0.15) is 19.3 Å². The minimum Gasteiger partial charge on any atom is -0.462 e. The topological polar surface area (TPSA) is 237 Å². The van der Waals surface area contributed by atoms with E-state index >= 15 is 0 Å². The first-order valence-electron chi connectivity index (χ1n) is 45.1. The number of phosphoric acid groups is 2. The number of carbonyl (C=O) groups is 4. The highest BCUT2D eigenvalue weighted by Crippen LogP contribution is 2.45. The second kappa shape index (κ2) is 79.7. The SMILES string of the molecule is CCCCCCCCCCCCCCCCCCCCCCCCC(=O)O[C@H](COC(=O)CCCCCCCCCCCCCCCCCCCCCC)COP(=O)(O)OC[C@@H](O)COP(=O)(O)OC[C@@H](COC(=O)CCCCCCCCC(C)C)OC(=O)CCCCCCCCCCCCCCCCC. The number of aliphatic hydroxyl groups is 1. The third-order valence-corrected chi connectivity index (χ3v) is 22.4. The van der Waals surface area contributed by atoms with Gasteiger partial charge in [-0.1, -0.05) is 420 Å². The van der Waals surface area contributed by atoms with Gasteiger partial charge in [0, 0.05) is 25.7 Å². The highest BCUT2D eigenvalue weighted by atomic mass is 31.2. The van der Waals surface area contributed by atoms with Gasteiger partial charge in [-0.3, -0.25) is 37.3 Å². The van der Waals surface area contributed by atoms with Crippen LogP contribution in [0.5, 0.6) is 0 Å². The van der Waals surface area contributed by atoms with Crippen LogP contribution in [-0.4, -0.2) is 96.7 Å². The molecule has 0 saturated heterocycles. The number of hydrogen-bond acceptors (Lipinski definition) is 15. The van der Waals surface area contributed by atoms with Gasteiger partial charge in [-0.2, -0.15) is 0 Å². The number of ether oxygens (including phenoxy) is 4. The molecule has 0 bridgehead atoms. The Hall–Kier alpha value is -1.94. The van der Waals surface area contributed by atoms with Gasteiger partial charge in [0.25, 0.3) is 0 Å². The fraction of sp³-hybridized carbons (Fsp3) is 0.954. The predicted molar refractivity (Wildman–Crippen MR) is 437 cm³/mol. The highest BCUT2D eigenvalue weighted by molar-refractivity contribution is 7.47. The molecular weight excluding hydrogens is 1380 g/mol. The van der Waals surface area contributed by atoms with Crippen molar-refractivity contribution in [1.29, 1.82) is 0 Å². The van der Waals surface area contributed by atoms with Crippen molar-refractivity contribution >= 4 is 39.5 Å². The van der Waals surface area contributed by atoms with E-state index in [0.717, 1.165) is 96.3 Å². The maximum Gasteiger partial charge on any atom is 0.472 e. The number of aliphatic hydroxyl groups excluding tert-OH is 1. The molecule has 0 aromatic heterocycles. The number of hydrogen-bond donors (Lipinski definition) is 3. The van der Waals surface area contributed by atoms with Crippen LogP contribution in [0, 0.1) is 5.92 Å². The zero-order chi connectivity index (χ0) is 77.6. The van der Waals surface area contributed by atoms with Crippen molar-refractivity contribution in [3.05, 3.63) is 0 Å². The zero-order valence-corrected chi connectivity index (χ0v) is 71.4. The number of phosphoric ester groups is 2. The molecule has 0 rings (SSSR count). The van der Waals surface area contributed by atoms with Crippen molar-refractivity contribution in [2.24, 2.45) is 5.92 Å². The summed E-state index contributed by atoms with van der Waals surface area (Å²) in [6.07, 6.45) is 74.0. The summed E-state index contributed by atoms with van der Waals surface area (Å²) in [5.74, 6) is -1.42. The van der Waals surface area contributed by atoms with Crippen LogP contribution in [0.15, 0.2) is 0 Å². The normalized spacial score (nSPS) is 13.7. The molecule has 19 heteroatoms. The van der Waals surface area contributed by atoms with Crippen molar-refractivity contribution in [2.75, 3.05) is 39.6 Å². The molecule has 0 aliphatic rings. The summed E-state index contributed by atoms with van der Waals surface area (Å²) in [6.45, 7) is 7.28. The second-order valence-electron chi connectivity index (χ2n) is 31.8. The zero-order valence-electron chi connectivity index (χ0n) is 69.6. The van der Waals surface area contributed by atoms with E-state index < -0.39 is 97.5 Å². The molecule has 5 atom stereocenters. The minimum absolute atomic E-state index is 0.108. The molecule has 17 nitrogen and oxygen atoms in total. The number of unbranched alkanes of at least 4 members (excludes halogenated alkanes) is 59. The fourth-order valence-electron chi connectivity index (χ4n) is 13.6. The largest absolute Gasteiger partial charge is 0.472 e. The van der Waals surface area contributed by atoms with Crippen LogP contribution in [-0.2, 0) is 65.4 Å². The minimum atomic E-state index is -4.97. The molecule has 106 heavy (non-hydrogen) atoms.